The van der Waals surface area contributed by atoms with Gasteiger partial charge in [-0.1, -0.05) is 18.2 Å². The average molecular weight is 328 g/mol. The van der Waals surface area contributed by atoms with E-state index in [4.69, 9.17) is 4.74 Å². The molecule has 1 aromatic heterocycles. The largest absolute Gasteiger partial charge is 0.450 e. The average Bonchev–Trinajstić information content (AvgIpc) is 2.99. The van der Waals surface area contributed by atoms with Crippen LogP contribution in [0.4, 0.5) is 4.39 Å². The molecule has 3 nitrogen and oxygen atoms in total. The summed E-state index contributed by atoms with van der Waals surface area (Å²) in [7, 11) is 0. The minimum absolute atomic E-state index is 0.308. The number of fused-ring (bicyclic) bond motifs is 1. The first-order chi connectivity index (χ1) is 11.0. The Kier molecular flexibility index (Phi) is 4.21. The van der Waals surface area contributed by atoms with Crippen molar-refractivity contribution >= 4 is 33.2 Å². The monoisotopic (exact) mass is 328 g/mol. The number of rotatable bonds is 4. The second-order valence-electron chi connectivity index (χ2n) is 5.07. The van der Waals surface area contributed by atoms with Crippen LogP contribution in [0, 0.1) is 5.82 Å². The van der Waals surface area contributed by atoms with E-state index in [1.807, 2.05) is 24.3 Å². The fraction of sp³-hybridized carbons (Fsp3) is 0.111. The van der Waals surface area contributed by atoms with Gasteiger partial charge in [0.25, 0.3) is 0 Å². The van der Waals surface area contributed by atoms with E-state index >= 15 is 0 Å². The van der Waals surface area contributed by atoms with Crippen LogP contribution in [0.15, 0.2) is 54.6 Å². The van der Waals surface area contributed by atoms with Crippen LogP contribution in [0.2, 0.25) is 0 Å². The van der Waals surface area contributed by atoms with Crippen LogP contribution in [0.1, 0.15) is 27.0 Å². The molecule has 116 valence electrons. The summed E-state index contributed by atoms with van der Waals surface area (Å²) in [5, 5.41) is 0.960. The molecule has 0 saturated carbocycles. The maximum Gasteiger partial charge on any atom is 0.349 e. The van der Waals surface area contributed by atoms with Gasteiger partial charge in [0.15, 0.2) is 6.10 Å². The van der Waals surface area contributed by atoms with E-state index in [1.165, 1.54) is 42.5 Å². The molecular weight excluding hydrogens is 315 g/mol. The number of carbonyl (C=O) groups excluding carboxylic acids is 2. The van der Waals surface area contributed by atoms with Crippen molar-refractivity contribution in [1.82, 2.24) is 0 Å². The Balaban J connectivity index is 1.73. The van der Waals surface area contributed by atoms with Crippen LogP contribution in [0.5, 0.6) is 0 Å². The molecule has 0 amide bonds. The highest BCUT2D eigenvalue weighted by atomic mass is 32.1. The SMILES string of the molecule is C[C@H](OC(=O)c1cc2ccccc2s1)C(=O)c1ccc(F)cc1. The van der Waals surface area contributed by atoms with Gasteiger partial charge in [0.05, 0.1) is 0 Å². The maximum atomic E-state index is 12.9. The molecule has 3 rings (SSSR count). The third-order valence-corrected chi connectivity index (χ3v) is 4.50. The molecule has 0 aliphatic rings. The molecule has 23 heavy (non-hydrogen) atoms. The lowest BCUT2D eigenvalue weighted by molar-refractivity contribution is 0.0323. The van der Waals surface area contributed by atoms with Crippen LogP contribution >= 0.6 is 11.3 Å². The highest BCUT2D eigenvalue weighted by molar-refractivity contribution is 7.20. The summed E-state index contributed by atoms with van der Waals surface area (Å²) < 4.78 is 19.1. The number of thiophene rings is 1. The summed E-state index contributed by atoms with van der Waals surface area (Å²) in [6.07, 6.45) is -0.932. The van der Waals surface area contributed by atoms with E-state index in [9.17, 15) is 14.0 Å². The van der Waals surface area contributed by atoms with Crippen LogP contribution < -0.4 is 0 Å². The van der Waals surface area contributed by atoms with Crippen LogP contribution in [0.25, 0.3) is 10.1 Å². The Bertz CT molecular complexity index is 834. The Morgan fingerprint density at radius 2 is 1.78 bits per heavy atom. The smallest absolute Gasteiger partial charge is 0.349 e. The van der Waals surface area contributed by atoms with Crippen molar-refractivity contribution in [2.45, 2.75) is 13.0 Å². The zero-order chi connectivity index (χ0) is 16.4. The molecule has 0 bridgehead atoms. The van der Waals surface area contributed by atoms with Gasteiger partial charge in [0.2, 0.25) is 5.78 Å². The maximum absolute atomic E-state index is 12.9. The quantitative estimate of drug-likeness (QED) is 0.524. The number of benzene rings is 2. The lowest BCUT2D eigenvalue weighted by atomic mass is 10.1. The zero-order valence-electron chi connectivity index (χ0n) is 12.3. The molecule has 0 saturated heterocycles. The molecular formula is C18H13FO3S. The van der Waals surface area contributed by atoms with Crippen molar-refractivity contribution in [3.63, 3.8) is 0 Å². The highest BCUT2D eigenvalue weighted by Crippen LogP contribution is 2.26. The van der Waals surface area contributed by atoms with E-state index in [0.717, 1.165) is 10.1 Å². The number of Topliss-reactive ketones (excluding diaryl/α,β-unsaturated/α-hetero) is 1. The standard InChI is InChI=1S/C18H13FO3S/c1-11(17(20)12-6-8-14(19)9-7-12)22-18(21)16-10-13-4-2-3-5-15(13)23-16/h2-11H,1H3/t11-/m0/s1. The lowest BCUT2D eigenvalue weighted by Crippen LogP contribution is -2.24. The fourth-order valence-electron chi connectivity index (χ4n) is 2.20. The molecule has 0 radical (unpaired) electrons. The van der Waals surface area contributed by atoms with Gasteiger partial charge in [0.1, 0.15) is 10.7 Å². The number of halogens is 1. The van der Waals surface area contributed by atoms with Crippen molar-refractivity contribution in [3.05, 3.63) is 70.9 Å². The van der Waals surface area contributed by atoms with Crippen LogP contribution in [-0.4, -0.2) is 17.9 Å². The van der Waals surface area contributed by atoms with Gasteiger partial charge in [-0.05, 0) is 48.7 Å². The van der Waals surface area contributed by atoms with Gasteiger partial charge in [-0.15, -0.1) is 11.3 Å². The van der Waals surface area contributed by atoms with Crippen molar-refractivity contribution in [3.8, 4) is 0 Å². The Morgan fingerprint density at radius 3 is 2.48 bits per heavy atom. The Hall–Kier alpha value is -2.53. The topological polar surface area (TPSA) is 43.4 Å². The van der Waals surface area contributed by atoms with E-state index in [1.54, 1.807) is 6.07 Å². The number of hydrogen-bond donors (Lipinski definition) is 0. The van der Waals surface area contributed by atoms with Gasteiger partial charge in [-0.3, -0.25) is 4.79 Å². The Morgan fingerprint density at radius 1 is 1.09 bits per heavy atom. The first-order valence-electron chi connectivity index (χ1n) is 7.04. The normalized spacial score (nSPS) is 12.1. The summed E-state index contributed by atoms with van der Waals surface area (Å²) >= 11 is 1.32. The number of carbonyl (C=O) groups is 2. The van der Waals surface area contributed by atoms with Crippen molar-refractivity contribution < 1.29 is 18.7 Å². The van der Waals surface area contributed by atoms with Gasteiger partial charge in [-0.2, -0.15) is 0 Å². The number of esters is 1. The van der Waals surface area contributed by atoms with Crippen LogP contribution in [0.3, 0.4) is 0 Å². The highest BCUT2D eigenvalue weighted by Gasteiger charge is 2.21. The van der Waals surface area contributed by atoms with E-state index in [2.05, 4.69) is 0 Å². The zero-order valence-corrected chi connectivity index (χ0v) is 13.1. The number of hydrogen-bond acceptors (Lipinski definition) is 4. The molecule has 3 aromatic rings. The minimum atomic E-state index is -0.932. The van der Waals surface area contributed by atoms with Gasteiger partial charge < -0.3 is 4.74 Å². The molecule has 2 aromatic carbocycles. The van der Waals surface area contributed by atoms with E-state index in [-0.39, 0.29) is 5.78 Å². The van der Waals surface area contributed by atoms with Crippen molar-refractivity contribution in [2.75, 3.05) is 0 Å². The second-order valence-corrected chi connectivity index (χ2v) is 6.15. The Labute approximate surface area is 136 Å². The molecule has 1 atom stereocenters. The molecule has 0 unspecified atom stereocenters. The van der Waals surface area contributed by atoms with E-state index in [0.29, 0.717) is 10.4 Å². The molecule has 0 fully saturated rings. The van der Waals surface area contributed by atoms with Crippen molar-refractivity contribution in [1.29, 1.82) is 0 Å². The summed E-state index contributed by atoms with van der Waals surface area (Å²) in [5.41, 5.74) is 0.308. The molecule has 5 heteroatoms. The van der Waals surface area contributed by atoms with Gasteiger partial charge in [0, 0.05) is 10.3 Å². The number of ketones is 1. The predicted octanol–water partition coefficient (Wildman–Crippen LogP) is 4.47. The molecule has 0 aliphatic heterocycles. The summed E-state index contributed by atoms with van der Waals surface area (Å²) in [4.78, 5) is 24.8. The third kappa shape index (κ3) is 3.29. The molecule has 0 spiro atoms. The first-order valence-corrected chi connectivity index (χ1v) is 7.85. The van der Waals surface area contributed by atoms with E-state index < -0.39 is 17.9 Å². The van der Waals surface area contributed by atoms with Crippen LogP contribution in [-0.2, 0) is 4.74 Å². The number of ether oxygens (including phenoxy) is 1. The summed E-state index contributed by atoms with van der Waals surface area (Å²) in [6.45, 7) is 1.51. The molecule has 0 aliphatic carbocycles. The lowest BCUT2D eigenvalue weighted by Gasteiger charge is -2.11. The predicted molar refractivity (Wildman–Crippen MR) is 87.4 cm³/mol. The first kappa shape index (κ1) is 15.4. The van der Waals surface area contributed by atoms with Gasteiger partial charge in [-0.25, -0.2) is 9.18 Å². The third-order valence-electron chi connectivity index (χ3n) is 3.41. The summed E-state index contributed by atoms with van der Waals surface area (Å²) in [5.74, 6) is -1.31. The summed E-state index contributed by atoms with van der Waals surface area (Å²) in [6, 6.07) is 14.5. The second kappa shape index (κ2) is 6.30. The molecule has 1 heterocycles. The fourth-order valence-corrected chi connectivity index (χ4v) is 3.15. The molecule has 0 N–H and O–H groups in total. The minimum Gasteiger partial charge on any atom is -0.450 e. The van der Waals surface area contributed by atoms with Crippen molar-refractivity contribution in [2.24, 2.45) is 0 Å². The van der Waals surface area contributed by atoms with Gasteiger partial charge >= 0.3 is 5.97 Å².